The number of imidazole rings is 1. The standard InChI is InChI=1S/C23H18ClN5O2/c24-15-3-1-2-14(10-15)19-26-12-18-21(28-19)29-20(27-18)13-4-7-23(8-5-13)17-11-25-9-6-16(17)22(30)31-23/h1-3,6,9-13H,4-5,7-8H2,(H,26,27,28,29). The van der Waals surface area contributed by atoms with Crippen LogP contribution in [0.15, 0.2) is 48.9 Å². The van der Waals surface area contributed by atoms with Crippen LogP contribution in [0.3, 0.4) is 0 Å². The maximum absolute atomic E-state index is 12.3. The summed E-state index contributed by atoms with van der Waals surface area (Å²) in [4.78, 5) is 33.7. The quantitative estimate of drug-likeness (QED) is 0.458. The number of halogens is 1. The van der Waals surface area contributed by atoms with Gasteiger partial charge in [0.05, 0.1) is 11.8 Å². The number of H-pyrrole nitrogens is 1. The van der Waals surface area contributed by atoms with E-state index in [1.807, 2.05) is 24.3 Å². The summed E-state index contributed by atoms with van der Waals surface area (Å²) in [5, 5.41) is 0.643. The maximum Gasteiger partial charge on any atom is 0.339 e. The van der Waals surface area contributed by atoms with Crippen molar-refractivity contribution in [1.29, 1.82) is 0 Å². The zero-order valence-electron chi connectivity index (χ0n) is 16.5. The number of pyridine rings is 1. The molecule has 0 atom stereocenters. The number of carbonyl (C=O) groups is 1. The van der Waals surface area contributed by atoms with Gasteiger partial charge in [0.1, 0.15) is 16.9 Å². The number of rotatable bonds is 2. The van der Waals surface area contributed by atoms with Crippen molar-refractivity contribution in [3.05, 3.63) is 70.9 Å². The number of nitrogens with one attached hydrogen (secondary N) is 1. The molecule has 1 fully saturated rings. The number of esters is 1. The van der Waals surface area contributed by atoms with Crippen molar-refractivity contribution in [3.8, 4) is 11.4 Å². The molecule has 1 aliphatic carbocycles. The Morgan fingerprint density at radius 3 is 2.84 bits per heavy atom. The summed E-state index contributed by atoms with van der Waals surface area (Å²) in [6.45, 7) is 0. The zero-order chi connectivity index (χ0) is 21.0. The molecule has 1 aliphatic heterocycles. The highest BCUT2D eigenvalue weighted by atomic mass is 35.5. The van der Waals surface area contributed by atoms with E-state index in [1.54, 1.807) is 24.7 Å². The van der Waals surface area contributed by atoms with Gasteiger partial charge in [-0.05, 0) is 43.9 Å². The lowest BCUT2D eigenvalue weighted by Crippen LogP contribution is -2.31. The van der Waals surface area contributed by atoms with Gasteiger partial charge in [-0.25, -0.2) is 19.7 Å². The summed E-state index contributed by atoms with van der Waals surface area (Å²) in [5.41, 5.74) is 3.31. The molecule has 0 saturated heterocycles. The number of carbonyl (C=O) groups excluding carboxylic acids is 1. The van der Waals surface area contributed by atoms with Crippen molar-refractivity contribution in [3.63, 3.8) is 0 Å². The van der Waals surface area contributed by atoms with Crippen LogP contribution in [-0.4, -0.2) is 30.9 Å². The van der Waals surface area contributed by atoms with Gasteiger partial charge in [0, 0.05) is 34.5 Å². The number of nitrogens with zero attached hydrogens (tertiary/aromatic N) is 4. The highest BCUT2D eigenvalue weighted by Gasteiger charge is 2.48. The van der Waals surface area contributed by atoms with Crippen LogP contribution in [0, 0.1) is 0 Å². The third kappa shape index (κ3) is 2.99. The molecule has 8 heteroatoms. The first kappa shape index (κ1) is 18.4. The lowest BCUT2D eigenvalue weighted by molar-refractivity contribution is -0.0313. The minimum Gasteiger partial charge on any atom is -0.450 e. The van der Waals surface area contributed by atoms with E-state index in [0.717, 1.165) is 48.2 Å². The predicted molar refractivity (Wildman–Crippen MR) is 115 cm³/mol. The van der Waals surface area contributed by atoms with E-state index < -0.39 is 5.60 Å². The average molecular weight is 432 g/mol. The summed E-state index contributed by atoms with van der Waals surface area (Å²) in [6.07, 6.45) is 8.38. The molecule has 2 aliphatic rings. The number of hydrogen-bond donors (Lipinski definition) is 1. The summed E-state index contributed by atoms with van der Waals surface area (Å²) in [7, 11) is 0. The average Bonchev–Trinajstić information content (AvgIpc) is 3.33. The van der Waals surface area contributed by atoms with Crippen molar-refractivity contribution in [2.45, 2.75) is 37.2 Å². The maximum atomic E-state index is 12.3. The minimum absolute atomic E-state index is 0.244. The Labute approximate surface area is 182 Å². The van der Waals surface area contributed by atoms with E-state index in [4.69, 9.17) is 21.3 Å². The number of fused-ring (bicyclic) bond motifs is 3. The molecule has 7 nitrogen and oxygen atoms in total. The largest absolute Gasteiger partial charge is 0.450 e. The molecule has 0 radical (unpaired) electrons. The summed E-state index contributed by atoms with van der Waals surface area (Å²) < 4.78 is 5.84. The second-order valence-electron chi connectivity index (χ2n) is 8.14. The first-order valence-corrected chi connectivity index (χ1v) is 10.7. The Hall–Kier alpha value is -3.32. The van der Waals surface area contributed by atoms with Gasteiger partial charge in [0.25, 0.3) is 0 Å². The van der Waals surface area contributed by atoms with Gasteiger partial charge >= 0.3 is 5.97 Å². The second kappa shape index (κ2) is 6.85. The van der Waals surface area contributed by atoms with Crippen molar-refractivity contribution in [2.75, 3.05) is 0 Å². The van der Waals surface area contributed by atoms with Crippen molar-refractivity contribution in [1.82, 2.24) is 24.9 Å². The monoisotopic (exact) mass is 431 g/mol. The Kier molecular flexibility index (Phi) is 4.08. The Morgan fingerprint density at radius 1 is 1.13 bits per heavy atom. The number of aromatic amines is 1. The van der Waals surface area contributed by atoms with Crippen LogP contribution >= 0.6 is 11.6 Å². The lowest BCUT2D eigenvalue weighted by Gasteiger charge is -2.35. The van der Waals surface area contributed by atoms with Gasteiger partial charge in [-0.3, -0.25) is 4.98 Å². The van der Waals surface area contributed by atoms with Crippen molar-refractivity contribution >= 4 is 28.7 Å². The van der Waals surface area contributed by atoms with Gasteiger partial charge in [-0.15, -0.1) is 0 Å². The number of ether oxygens (including phenoxy) is 1. The van der Waals surface area contributed by atoms with Crippen LogP contribution in [-0.2, 0) is 10.3 Å². The fraction of sp³-hybridized carbons (Fsp3) is 0.261. The van der Waals surface area contributed by atoms with Crippen LogP contribution in [0.5, 0.6) is 0 Å². The number of benzene rings is 1. The van der Waals surface area contributed by atoms with E-state index >= 15 is 0 Å². The van der Waals surface area contributed by atoms with Gasteiger partial charge in [0.2, 0.25) is 0 Å². The molecule has 4 heterocycles. The Balaban J connectivity index is 1.26. The third-order valence-electron chi connectivity index (χ3n) is 6.34. The molecule has 154 valence electrons. The van der Waals surface area contributed by atoms with E-state index in [-0.39, 0.29) is 11.9 Å². The topological polar surface area (TPSA) is 93.6 Å². The molecule has 4 aromatic rings. The predicted octanol–water partition coefficient (Wildman–Crippen LogP) is 4.79. The van der Waals surface area contributed by atoms with Gasteiger partial charge in [-0.2, -0.15) is 0 Å². The molecule has 1 aromatic carbocycles. The number of aromatic nitrogens is 5. The molecular weight excluding hydrogens is 414 g/mol. The fourth-order valence-electron chi connectivity index (χ4n) is 4.74. The highest BCUT2D eigenvalue weighted by molar-refractivity contribution is 6.30. The molecule has 1 spiro atoms. The summed E-state index contributed by atoms with van der Waals surface area (Å²) >= 11 is 6.10. The second-order valence-corrected chi connectivity index (χ2v) is 8.58. The van der Waals surface area contributed by atoms with E-state index in [0.29, 0.717) is 22.1 Å². The molecule has 31 heavy (non-hydrogen) atoms. The minimum atomic E-state index is -0.553. The number of hydrogen-bond acceptors (Lipinski definition) is 6. The molecular formula is C23H18ClN5O2. The van der Waals surface area contributed by atoms with E-state index in [2.05, 4.69) is 19.9 Å². The van der Waals surface area contributed by atoms with Crippen LogP contribution < -0.4 is 0 Å². The first-order chi connectivity index (χ1) is 15.1. The Bertz CT molecular complexity index is 1330. The molecule has 0 amide bonds. The molecule has 1 N–H and O–H groups in total. The molecule has 0 unspecified atom stereocenters. The van der Waals surface area contributed by atoms with Crippen molar-refractivity contribution in [2.24, 2.45) is 0 Å². The summed E-state index contributed by atoms with van der Waals surface area (Å²) in [5.74, 6) is 1.49. The van der Waals surface area contributed by atoms with Gasteiger partial charge < -0.3 is 9.72 Å². The molecule has 0 bridgehead atoms. The van der Waals surface area contributed by atoms with Crippen molar-refractivity contribution < 1.29 is 9.53 Å². The Morgan fingerprint density at radius 2 is 2.00 bits per heavy atom. The van der Waals surface area contributed by atoms with Crippen LogP contribution in [0.1, 0.15) is 53.3 Å². The molecule has 1 saturated carbocycles. The smallest absolute Gasteiger partial charge is 0.339 e. The first-order valence-electron chi connectivity index (χ1n) is 10.3. The van der Waals surface area contributed by atoms with Crippen LogP contribution in [0.4, 0.5) is 0 Å². The van der Waals surface area contributed by atoms with Gasteiger partial charge in [-0.1, -0.05) is 23.7 Å². The third-order valence-corrected chi connectivity index (χ3v) is 6.58. The van der Waals surface area contributed by atoms with E-state index in [1.165, 1.54) is 0 Å². The normalized spacial score (nSPS) is 22.6. The van der Waals surface area contributed by atoms with E-state index in [9.17, 15) is 4.79 Å². The lowest BCUT2D eigenvalue weighted by atomic mass is 9.75. The molecule has 3 aromatic heterocycles. The van der Waals surface area contributed by atoms with Gasteiger partial charge in [0.15, 0.2) is 11.5 Å². The van der Waals surface area contributed by atoms with Crippen LogP contribution in [0.2, 0.25) is 5.02 Å². The molecule has 6 rings (SSSR count). The summed E-state index contributed by atoms with van der Waals surface area (Å²) in [6, 6.07) is 9.21. The highest BCUT2D eigenvalue weighted by Crippen LogP contribution is 2.49. The van der Waals surface area contributed by atoms with Crippen LogP contribution in [0.25, 0.3) is 22.6 Å². The SMILES string of the molecule is O=C1OC2(CCC(c3nc4nc(-c5cccc(Cl)c5)ncc4[nH]3)CC2)c2cnccc21. The fourth-order valence-corrected chi connectivity index (χ4v) is 4.93. The zero-order valence-corrected chi connectivity index (χ0v) is 17.3.